The molecule has 0 fully saturated rings. The van der Waals surface area contributed by atoms with E-state index < -0.39 is 11.6 Å². The maximum atomic E-state index is 12.1. The Morgan fingerprint density at radius 3 is 2.26 bits per heavy atom. The number of benzene rings is 1. The Bertz CT molecular complexity index is 522. The minimum Gasteiger partial charge on any atom is -0.356 e. The molecule has 0 unspecified atom stereocenters. The van der Waals surface area contributed by atoms with Crippen LogP contribution in [0, 0.1) is 0 Å². The van der Waals surface area contributed by atoms with Gasteiger partial charge in [-0.05, 0) is 0 Å². The number of carbonyl (C=O) groups excluding carboxylic acids is 1. The lowest BCUT2D eigenvalue weighted by Gasteiger charge is -2.21. The highest BCUT2D eigenvalue weighted by molar-refractivity contribution is 6.03. The van der Waals surface area contributed by atoms with Crippen LogP contribution in [0.5, 0.6) is 0 Å². The van der Waals surface area contributed by atoms with Gasteiger partial charge in [-0.1, -0.05) is 73.9 Å². The van der Waals surface area contributed by atoms with Crippen molar-refractivity contribution in [2.75, 3.05) is 0 Å². The molecule has 0 bridgehead atoms. The van der Waals surface area contributed by atoms with E-state index in [0.29, 0.717) is 0 Å². The number of hydrogen-bond donors (Lipinski definition) is 2. The average molecular weight is 256 g/mol. The van der Waals surface area contributed by atoms with Crippen molar-refractivity contribution in [3.05, 3.63) is 85.0 Å². The lowest BCUT2D eigenvalue weighted by molar-refractivity contribution is -0.0889. The number of carbonyl (C=O) groups is 1. The van der Waals surface area contributed by atoms with Crippen LogP contribution in [0.3, 0.4) is 0 Å². The van der Waals surface area contributed by atoms with Crippen LogP contribution in [0.4, 0.5) is 0 Å². The first-order valence-electron chi connectivity index (χ1n) is 5.71. The molecule has 0 saturated heterocycles. The highest BCUT2D eigenvalue weighted by Gasteiger charge is 2.36. The molecule has 3 heteroatoms. The number of ketones is 1. The second kappa shape index (κ2) is 6.64. The highest BCUT2D eigenvalue weighted by Crippen LogP contribution is 2.21. The molecule has 0 atom stereocenters. The van der Waals surface area contributed by atoms with Crippen molar-refractivity contribution in [1.82, 2.24) is 0 Å². The molecular weight excluding hydrogens is 240 g/mol. The fourth-order valence-electron chi connectivity index (χ4n) is 1.51. The minimum atomic E-state index is -2.60. The Kier molecular flexibility index (Phi) is 5.18. The molecule has 0 heterocycles. The summed E-state index contributed by atoms with van der Waals surface area (Å²) >= 11 is 0. The van der Waals surface area contributed by atoms with Crippen LogP contribution in [0.15, 0.2) is 79.4 Å². The Morgan fingerprint density at radius 1 is 1.11 bits per heavy atom. The Hall–Kier alpha value is -2.23. The van der Waals surface area contributed by atoms with Crippen molar-refractivity contribution in [3.63, 3.8) is 0 Å². The van der Waals surface area contributed by atoms with E-state index in [1.807, 2.05) is 0 Å². The van der Waals surface area contributed by atoms with E-state index in [4.69, 9.17) is 0 Å². The van der Waals surface area contributed by atoms with Crippen LogP contribution in [0.1, 0.15) is 10.4 Å². The first-order valence-corrected chi connectivity index (χ1v) is 5.71. The van der Waals surface area contributed by atoms with Gasteiger partial charge in [-0.2, -0.15) is 0 Å². The molecule has 0 aromatic heterocycles. The topological polar surface area (TPSA) is 57.5 Å². The van der Waals surface area contributed by atoms with E-state index in [9.17, 15) is 15.0 Å². The number of rotatable bonds is 6. The fourth-order valence-corrected chi connectivity index (χ4v) is 1.51. The third-order valence-corrected chi connectivity index (χ3v) is 2.46. The molecule has 2 N–H and O–H groups in total. The van der Waals surface area contributed by atoms with Crippen LogP contribution in [-0.2, 0) is 0 Å². The number of Topliss-reactive ketones (excluding diaryl/α,β-unsaturated/α-hetero) is 1. The highest BCUT2D eigenvalue weighted by atomic mass is 16.5. The van der Waals surface area contributed by atoms with Gasteiger partial charge in [-0.25, -0.2) is 0 Å². The quantitative estimate of drug-likeness (QED) is 0.467. The Balaban J connectivity index is 3.17. The minimum absolute atomic E-state index is 0.0243. The van der Waals surface area contributed by atoms with Gasteiger partial charge < -0.3 is 10.2 Å². The van der Waals surface area contributed by atoms with Gasteiger partial charge in [0.15, 0.2) is 0 Å². The summed E-state index contributed by atoms with van der Waals surface area (Å²) in [5, 5.41) is 20.1. The Morgan fingerprint density at radius 2 is 1.74 bits per heavy atom. The van der Waals surface area contributed by atoms with Crippen molar-refractivity contribution >= 4 is 5.78 Å². The second-order valence-electron chi connectivity index (χ2n) is 3.82. The molecule has 98 valence electrons. The lowest BCUT2D eigenvalue weighted by Crippen LogP contribution is -2.40. The molecule has 0 aliphatic carbocycles. The fraction of sp³-hybridized carbons (Fsp3) is 0.0625. The van der Waals surface area contributed by atoms with E-state index in [1.54, 1.807) is 18.2 Å². The van der Waals surface area contributed by atoms with Gasteiger partial charge in [0.2, 0.25) is 5.78 Å². The number of hydrogen-bond acceptors (Lipinski definition) is 3. The first-order chi connectivity index (χ1) is 9.04. The summed E-state index contributed by atoms with van der Waals surface area (Å²) in [5.74, 6) is -3.40. The van der Waals surface area contributed by atoms with Crippen molar-refractivity contribution in [1.29, 1.82) is 0 Å². The molecule has 1 rings (SSSR count). The van der Waals surface area contributed by atoms with Crippen molar-refractivity contribution in [2.24, 2.45) is 0 Å². The third kappa shape index (κ3) is 3.61. The molecule has 0 aliphatic rings. The zero-order valence-corrected chi connectivity index (χ0v) is 10.5. The van der Waals surface area contributed by atoms with E-state index in [-0.39, 0.29) is 11.1 Å². The van der Waals surface area contributed by atoms with Crippen molar-refractivity contribution < 1.29 is 15.0 Å². The van der Waals surface area contributed by atoms with Crippen LogP contribution in [0.2, 0.25) is 0 Å². The van der Waals surface area contributed by atoms with Gasteiger partial charge >= 0.3 is 0 Å². The van der Waals surface area contributed by atoms with Crippen LogP contribution >= 0.6 is 0 Å². The van der Waals surface area contributed by atoms with Gasteiger partial charge in [0.25, 0.3) is 5.79 Å². The summed E-state index contributed by atoms with van der Waals surface area (Å²) in [5.41, 5.74) is 0.241. The largest absolute Gasteiger partial charge is 0.356 e. The normalized spacial score (nSPS) is 12.4. The van der Waals surface area contributed by atoms with Crippen molar-refractivity contribution in [2.45, 2.75) is 5.79 Å². The molecule has 1 aromatic rings. The maximum Gasteiger partial charge on any atom is 0.256 e. The average Bonchev–Trinajstić information content (AvgIpc) is 2.43. The SMILES string of the molecule is C=C/C=C\C(=C/C=C)C(O)(O)C(=O)c1ccccc1. The summed E-state index contributed by atoms with van der Waals surface area (Å²) in [4.78, 5) is 12.1. The van der Waals surface area contributed by atoms with E-state index in [0.717, 1.165) is 0 Å². The predicted molar refractivity (Wildman–Crippen MR) is 75.6 cm³/mol. The van der Waals surface area contributed by atoms with Crippen LogP contribution in [0.25, 0.3) is 0 Å². The molecule has 3 nitrogen and oxygen atoms in total. The Labute approximate surface area is 112 Å². The molecule has 0 radical (unpaired) electrons. The molecule has 1 aromatic carbocycles. The molecule has 0 saturated carbocycles. The van der Waals surface area contributed by atoms with Gasteiger partial charge in [0, 0.05) is 11.1 Å². The summed E-state index contributed by atoms with van der Waals surface area (Å²) in [6.45, 7) is 6.97. The molecule has 19 heavy (non-hydrogen) atoms. The smallest absolute Gasteiger partial charge is 0.256 e. The summed E-state index contributed by atoms with van der Waals surface area (Å²) in [6, 6.07) is 8.09. The standard InChI is InChI=1S/C16H16O3/c1-3-5-12-14(9-4-2)16(18,19)15(17)13-10-7-6-8-11-13/h3-12,18-19H,1-2H2/b12-5-,14-9+. The summed E-state index contributed by atoms with van der Waals surface area (Å²) in [6.07, 6.45) is 7.12. The maximum absolute atomic E-state index is 12.1. The number of aliphatic hydroxyl groups is 2. The van der Waals surface area contributed by atoms with Crippen molar-refractivity contribution in [3.8, 4) is 0 Å². The van der Waals surface area contributed by atoms with E-state index in [2.05, 4.69) is 13.2 Å². The first kappa shape index (κ1) is 14.8. The van der Waals surface area contributed by atoms with E-state index in [1.165, 1.54) is 42.5 Å². The summed E-state index contributed by atoms with van der Waals surface area (Å²) in [7, 11) is 0. The second-order valence-corrected chi connectivity index (χ2v) is 3.82. The van der Waals surface area contributed by atoms with Crippen LogP contribution < -0.4 is 0 Å². The molecule has 0 spiro atoms. The molecule has 0 amide bonds. The van der Waals surface area contributed by atoms with Gasteiger partial charge in [-0.3, -0.25) is 4.79 Å². The van der Waals surface area contributed by atoms with Crippen LogP contribution in [-0.4, -0.2) is 21.8 Å². The number of allylic oxidation sites excluding steroid dienone is 4. The van der Waals surface area contributed by atoms with E-state index >= 15 is 0 Å². The van der Waals surface area contributed by atoms with Gasteiger partial charge in [-0.15, -0.1) is 0 Å². The monoisotopic (exact) mass is 256 g/mol. The summed E-state index contributed by atoms with van der Waals surface area (Å²) < 4.78 is 0. The molecular formula is C16H16O3. The van der Waals surface area contributed by atoms with Gasteiger partial charge in [0.1, 0.15) is 0 Å². The molecule has 0 aliphatic heterocycles. The zero-order chi connectivity index (χ0) is 14.3. The lowest BCUT2D eigenvalue weighted by atomic mass is 9.95. The third-order valence-electron chi connectivity index (χ3n) is 2.46. The predicted octanol–water partition coefficient (Wildman–Crippen LogP) is 2.40. The van der Waals surface area contributed by atoms with Gasteiger partial charge in [0.05, 0.1) is 0 Å². The zero-order valence-electron chi connectivity index (χ0n) is 10.5.